The van der Waals surface area contributed by atoms with Crippen LogP contribution in [0.25, 0.3) is 27.7 Å². The number of hydrogen-bond acceptors (Lipinski definition) is 7. The molecular weight excluding hydrogens is 557 g/mol. The predicted molar refractivity (Wildman–Crippen MR) is 152 cm³/mol. The van der Waals surface area contributed by atoms with E-state index in [2.05, 4.69) is 16.0 Å². The highest BCUT2D eigenvalue weighted by molar-refractivity contribution is 7.93. The first kappa shape index (κ1) is 28.4. The van der Waals surface area contributed by atoms with Gasteiger partial charge in [-0.3, -0.25) is 9.40 Å². The number of rotatable bonds is 8. The molecule has 3 heterocycles. The van der Waals surface area contributed by atoms with Gasteiger partial charge in [-0.2, -0.15) is 13.9 Å². The molecule has 5 rings (SSSR count). The van der Waals surface area contributed by atoms with E-state index in [9.17, 15) is 21.6 Å². The summed E-state index contributed by atoms with van der Waals surface area (Å²) in [4.78, 5) is 6.65. The van der Waals surface area contributed by atoms with Gasteiger partial charge in [-0.1, -0.05) is 24.3 Å². The van der Waals surface area contributed by atoms with Crippen LogP contribution in [0.2, 0.25) is 0 Å². The number of sulfonamides is 1. The maximum atomic E-state index is 13.5. The summed E-state index contributed by atoms with van der Waals surface area (Å²) in [6.45, 7) is 3.36. The molecule has 0 saturated carbocycles. The lowest BCUT2D eigenvalue weighted by atomic mass is 9.99. The van der Waals surface area contributed by atoms with E-state index in [-0.39, 0.29) is 17.3 Å². The van der Waals surface area contributed by atoms with Gasteiger partial charge >= 0.3 is 5.76 Å². The van der Waals surface area contributed by atoms with Crippen molar-refractivity contribution in [2.75, 3.05) is 30.6 Å². The fraction of sp³-hybridized carbons (Fsp3) is 0.286. The van der Waals surface area contributed by atoms with E-state index in [1.807, 2.05) is 11.8 Å². The summed E-state index contributed by atoms with van der Waals surface area (Å²) in [6, 6.07) is 9.94. The minimum Gasteiger partial charge on any atom is -0.484 e. The van der Waals surface area contributed by atoms with Crippen LogP contribution < -0.4 is 15.2 Å². The molecule has 4 aromatic rings. The van der Waals surface area contributed by atoms with Crippen molar-refractivity contribution in [1.29, 1.82) is 0 Å². The fourth-order valence-corrected chi connectivity index (χ4v) is 5.47. The van der Waals surface area contributed by atoms with Gasteiger partial charge in [0.05, 0.1) is 16.6 Å². The number of aromatic nitrogens is 3. The Kier molecular flexibility index (Phi) is 7.66. The summed E-state index contributed by atoms with van der Waals surface area (Å²) in [5, 5.41) is 5.31. The molecule has 0 radical (unpaired) electrons. The Bertz CT molecular complexity index is 1740. The molecule has 13 heteroatoms. The van der Waals surface area contributed by atoms with Crippen molar-refractivity contribution in [3.05, 3.63) is 71.7 Å². The molecule has 3 N–H and O–H groups in total. The van der Waals surface area contributed by atoms with E-state index in [0.717, 1.165) is 36.2 Å². The zero-order chi connectivity index (χ0) is 29.5. The van der Waals surface area contributed by atoms with E-state index >= 15 is 0 Å². The van der Waals surface area contributed by atoms with Crippen molar-refractivity contribution in [2.24, 2.45) is 7.05 Å². The van der Waals surface area contributed by atoms with E-state index < -0.39 is 27.7 Å². The van der Waals surface area contributed by atoms with Crippen LogP contribution in [0.15, 0.2) is 54.7 Å². The normalized spacial score (nSPS) is 15.2. The summed E-state index contributed by atoms with van der Waals surface area (Å²) in [6.07, 6.45) is 4.11. The Morgan fingerprint density at radius 3 is 2.54 bits per heavy atom. The van der Waals surface area contributed by atoms with Crippen molar-refractivity contribution < 1.29 is 26.3 Å². The van der Waals surface area contributed by atoms with Gasteiger partial charge < -0.3 is 15.4 Å². The molecule has 1 aliphatic rings. The van der Waals surface area contributed by atoms with Crippen LogP contribution in [-0.2, 0) is 17.1 Å². The van der Waals surface area contributed by atoms with Crippen LogP contribution in [0.4, 0.5) is 24.7 Å². The van der Waals surface area contributed by atoms with Gasteiger partial charge in [-0.15, -0.1) is 0 Å². The second-order valence-corrected chi connectivity index (χ2v) is 11.6. The molecule has 9 nitrogen and oxygen atoms in total. The third-order valence-electron chi connectivity index (χ3n) is 6.96. The van der Waals surface area contributed by atoms with Crippen LogP contribution in [0, 0.1) is 5.82 Å². The van der Waals surface area contributed by atoms with Gasteiger partial charge in [-0.05, 0) is 55.8 Å². The molecule has 0 aliphatic carbocycles. The molecule has 41 heavy (non-hydrogen) atoms. The van der Waals surface area contributed by atoms with Gasteiger partial charge in [0, 0.05) is 37.5 Å². The van der Waals surface area contributed by atoms with Crippen molar-refractivity contribution in [3.8, 4) is 17.0 Å². The van der Waals surface area contributed by atoms with Crippen molar-refractivity contribution in [3.63, 3.8) is 0 Å². The van der Waals surface area contributed by atoms with Gasteiger partial charge in [0.15, 0.2) is 0 Å². The summed E-state index contributed by atoms with van der Waals surface area (Å²) >= 11 is 0. The zero-order valence-electron chi connectivity index (χ0n) is 22.6. The van der Waals surface area contributed by atoms with Crippen LogP contribution >= 0.6 is 0 Å². The number of nitrogens with one attached hydrogen (secondary N) is 1. The van der Waals surface area contributed by atoms with Crippen LogP contribution in [0.3, 0.4) is 0 Å². The average molecular weight is 587 g/mol. The van der Waals surface area contributed by atoms with Crippen LogP contribution in [-0.4, -0.2) is 54.0 Å². The highest BCUT2D eigenvalue weighted by atomic mass is 32.2. The minimum atomic E-state index is -4.99. The maximum absolute atomic E-state index is 13.5. The molecule has 0 spiro atoms. The maximum Gasteiger partial charge on any atom is 0.355 e. The summed E-state index contributed by atoms with van der Waals surface area (Å²) in [5.74, 6) is -3.86. The number of halogens is 3. The largest absolute Gasteiger partial charge is 0.484 e. The number of nitrogens with two attached hydrogens (primary N) is 1. The summed E-state index contributed by atoms with van der Waals surface area (Å²) in [5.41, 5.74) is 10.5. The summed E-state index contributed by atoms with van der Waals surface area (Å²) in [7, 11) is -1.15. The third kappa shape index (κ3) is 5.72. The Hall–Kier alpha value is -4.10. The lowest BCUT2D eigenvalue weighted by Crippen LogP contribution is -2.25. The zero-order valence-corrected chi connectivity index (χ0v) is 23.4. The number of ether oxygens (including phenoxy) is 1. The molecule has 2 aromatic carbocycles. The first-order valence-electron chi connectivity index (χ1n) is 12.8. The number of nitrogen functional groups attached to an aromatic ring is 1. The second kappa shape index (κ2) is 11.1. The fourth-order valence-electron chi connectivity index (χ4n) is 4.90. The monoisotopic (exact) mass is 586 g/mol. The first-order chi connectivity index (χ1) is 19.4. The topological polar surface area (TPSA) is 115 Å². The molecule has 1 aliphatic heterocycles. The third-order valence-corrected chi connectivity index (χ3v) is 7.94. The number of aryl methyl sites for hydroxylation is 1. The number of pyridine rings is 1. The molecule has 0 fully saturated rings. The SMILES string of the molecule is CC(Oc1cc(-c2nn(C)c3c(C4=CCCN(C)C4)cnc(N)c23)ccc1NS(=O)(=O)C(F)F)c1ccc(F)cc1. The first-order valence-corrected chi connectivity index (χ1v) is 14.3. The molecule has 0 saturated heterocycles. The van der Waals surface area contributed by atoms with Gasteiger partial charge in [0.2, 0.25) is 0 Å². The molecule has 1 unspecified atom stereocenters. The van der Waals surface area contributed by atoms with E-state index in [1.165, 1.54) is 36.4 Å². The standard InChI is InChI=1S/C28H29F3N6O3S/c1-16(17-6-9-20(29)10-7-17)40-23-13-18(8-11-22(23)35-41(38,39)28(30)31)25-24-26(37(3)34-25)21(14-33-27(24)32)19-5-4-12-36(2)15-19/h5-11,13-14,16,28,35H,4,12,15H2,1-3H3,(H2,32,33). The van der Waals surface area contributed by atoms with E-state index in [1.54, 1.807) is 30.9 Å². The highest BCUT2D eigenvalue weighted by Crippen LogP contribution is 2.40. The Balaban J connectivity index is 1.62. The Morgan fingerprint density at radius 1 is 1.12 bits per heavy atom. The molecular formula is C28H29F3N6O3S. The number of anilines is 2. The molecule has 2 aromatic heterocycles. The number of benzene rings is 2. The number of likely N-dealkylation sites (N-methyl/N-ethyl adjacent to an activating group) is 1. The molecule has 1 atom stereocenters. The number of hydrogen-bond donors (Lipinski definition) is 2. The van der Waals surface area contributed by atoms with Gasteiger partial charge in [-0.25, -0.2) is 17.8 Å². The van der Waals surface area contributed by atoms with Gasteiger partial charge in [0.25, 0.3) is 10.0 Å². The second-order valence-electron chi connectivity index (χ2n) is 9.94. The van der Waals surface area contributed by atoms with Crippen molar-refractivity contribution in [2.45, 2.75) is 25.2 Å². The average Bonchev–Trinajstić information content (AvgIpc) is 3.28. The van der Waals surface area contributed by atoms with Crippen molar-refractivity contribution >= 4 is 38.0 Å². The van der Waals surface area contributed by atoms with Gasteiger partial charge in [0.1, 0.15) is 29.2 Å². The predicted octanol–water partition coefficient (Wildman–Crippen LogP) is 5.18. The molecule has 0 bridgehead atoms. The quantitative estimate of drug-likeness (QED) is 0.292. The van der Waals surface area contributed by atoms with Crippen molar-refractivity contribution in [1.82, 2.24) is 19.7 Å². The minimum absolute atomic E-state index is 0.0262. The number of fused-ring (bicyclic) bond motifs is 1. The number of nitrogens with zero attached hydrogens (tertiary/aromatic N) is 4. The van der Waals surface area contributed by atoms with Crippen LogP contribution in [0.5, 0.6) is 5.75 Å². The highest BCUT2D eigenvalue weighted by Gasteiger charge is 2.27. The lowest BCUT2D eigenvalue weighted by molar-refractivity contribution is 0.228. The smallest absolute Gasteiger partial charge is 0.355 e. The number of alkyl halides is 2. The van der Waals surface area contributed by atoms with E-state index in [4.69, 9.17) is 15.6 Å². The lowest BCUT2D eigenvalue weighted by Gasteiger charge is -2.23. The summed E-state index contributed by atoms with van der Waals surface area (Å²) < 4.78 is 73.6. The van der Waals surface area contributed by atoms with Crippen LogP contribution in [0.1, 0.15) is 30.6 Å². The molecule has 0 amide bonds. The molecule has 216 valence electrons. The Labute approximate surface area is 235 Å². The Morgan fingerprint density at radius 2 is 1.85 bits per heavy atom. The van der Waals surface area contributed by atoms with E-state index in [0.29, 0.717) is 22.2 Å².